The Morgan fingerprint density at radius 3 is 2.23 bits per heavy atom. The van der Waals surface area contributed by atoms with Gasteiger partial charge >= 0.3 is 0 Å². The number of aromatic nitrogens is 2. The van der Waals surface area contributed by atoms with E-state index in [1.807, 2.05) is 19.9 Å². The van der Waals surface area contributed by atoms with Crippen molar-refractivity contribution in [2.75, 3.05) is 16.4 Å². The lowest BCUT2D eigenvalue weighted by Gasteiger charge is -2.11. The maximum Gasteiger partial charge on any atom is 0.255 e. The number of aryl methyl sites for hydroxylation is 2. The molecule has 0 saturated heterocycles. The summed E-state index contributed by atoms with van der Waals surface area (Å²) < 4.78 is 24.1. The Balaban J connectivity index is 1.76. The minimum Gasteiger partial charge on any atom is -0.506 e. The predicted octanol–water partition coefficient (Wildman–Crippen LogP) is 3.59. The number of aromatic hydroxyl groups is 1. The van der Waals surface area contributed by atoms with Crippen molar-refractivity contribution < 1.29 is 18.3 Å². The van der Waals surface area contributed by atoms with Crippen LogP contribution in [0.25, 0.3) is 0 Å². The number of carbonyl (C=O) groups excluding carboxylic acids is 1. The van der Waals surface area contributed by atoms with Crippen LogP contribution in [0.5, 0.6) is 5.75 Å². The van der Waals surface area contributed by atoms with Gasteiger partial charge in [-0.05, 0) is 62.4 Å². The van der Waals surface area contributed by atoms with E-state index in [1.54, 1.807) is 24.3 Å². The highest BCUT2D eigenvalue weighted by Gasteiger charge is 2.16. The van der Waals surface area contributed by atoms with Gasteiger partial charge in [0.1, 0.15) is 5.75 Å². The van der Waals surface area contributed by atoms with E-state index in [4.69, 9.17) is 0 Å². The lowest BCUT2D eigenvalue weighted by atomic mass is 10.2. The average molecular weight is 426 g/mol. The van der Waals surface area contributed by atoms with E-state index in [9.17, 15) is 18.3 Å². The maximum atomic E-state index is 12.5. The second-order valence-corrected chi connectivity index (χ2v) is 8.99. The Morgan fingerprint density at radius 1 is 1.00 bits per heavy atom. The van der Waals surface area contributed by atoms with Crippen molar-refractivity contribution in [2.45, 2.75) is 25.7 Å². The van der Waals surface area contributed by atoms with Gasteiger partial charge in [0.25, 0.3) is 5.91 Å². The van der Waals surface area contributed by atoms with Crippen LogP contribution < -0.4 is 10.6 Å². The zero-order valence-corrected chi connectivity index (χ0v) is 17.6. The number of carbonyl (C=O) groups is 1. The molecule has 30 heavy (non-hydrogen) atoms. The minimum atomic E-state index is -3.46. The summed E-state index contributed by atoms with van der Waals surface area (Å²) in [5.41, 5.74) is 2.75. The summed E-state index contributed by atoms with van der Waals surface area (Å²) in [6, 6.07) is 12.3. The van der Waals surface area contributed by atoms with Gasteiger partial charge in [-0.2, -0.15) is 0 Å². The molecule has 0 radical (unpaired) electrons. The van der Waals surface area contributed by atoms with Gasteiger partial charge in [0.2, 0.25) is 5.95 Å². The molecule has 0 aliphatic rings. The van der Waals surface area contributed by atoms with Crippen LogP contribution in [0.4, 0.5) is 17.3 Å². The Bertz CT molecular complexity index is 1170. The third-order valence-electron chi connectivity index (χ3n) is 4.34. The third-order valence-corrected chi connectivity index (χ3v) is 6.07. The second-order valence-electron chi connectivity index (χ2n) is 6.71. The highest BCUT2D eigenvalue weighted by Crippen LogP contribution is 2.27. The summed E-state index contributed by atoms with van der Waals surface area (Å²) in [5.74, 6) is -0.318. The van der Waals surface area contributed by atoms with Crippen LogP contribution in [0.2, 0.25) is 0 Å². The molecule has 2 aromatic carbocycles. The molecule has 0 fully saturated rings. The topological polar surface area (TPSA) is 121 Å². The molecular weight excluding hydrogens is 404 g/mol. The number of nitrogens with zero attached hydrogens (tertiary/aromatic N) is 2. The first-order chi connectivity index (χ1) is 14.2. The number of sulfone groups is 1. The number of phenols is 1. The van der Waals surface area contributed by atoms with Crippen LogP contribution in [-0.2, 0) is 9.84 Å². The van der Waals surface area contributed by atoms with Crippen LogP contribution >= 0.6 is 0 Å². The Labute approximate surface area is 174 Å². The molecule has 1 heterocycles. The molecule has 0 saturated carbocycles. The van der Waals surface area contributed by atoms with Gasteiger partial charge in [-0.1, -0.05) is 6.92 Å². The molecule has 8 nitrogen and oxygen atoms in total. The van der Waals surface area contributed by atoms with E-state index in [-0.39, 0.29) is 22.1 Å². The largest absolute Gasteiger partial charge is 0.506 e. The van der Waals surface area contributed by atoms with E-state index in [0.717, 1.165) is 11.4 Å². The highest BCUT2D eigenvalue weighted by atomic mass is 32.2. The molecule has 9 heteroatoms. The zero-order chi connectivity index (χ0) is 21.9. The predicted molar refractivity (Wildman–Crippen MR) is 115 cm³/mol. The SMILES string of the molecule is CCS(=O)(=O)c1ccc(O)c(NC(=O)c2ccc(Nc3nc(C)cc(C)n3)cc2)c1. The Morgan fingerprint density at radius 2 is 1.63 bits per heavy atom. The standard InChI is InChI=1S/C21H22N4O4S/c1-4-30(28,29)17-9-10-19(26)18(12-17)25-20(27)15-5-7-16(8-6-15)24-21-22-13(2)11-14(3)23-21/h5-12,26H,4H2,1-3H3,(H,25,27)(H,22,23,24). The van der Waals surface area contributed by atoms with Gasteiger partial charge in [0.05, 0.1) is 16.3 Å². The Hall–Kier alpha value is -3.46. The molecule has 3 aromatic rings. The molecule has 3 rings (SSSR count). The van der Waals surface area contributed by atoms with Crippen LogP contribution in [-0.4, -0.2) is 35.2 Å². The van der Waals surface area contributed by atoms with Crippen molar-refractivity contribution in [1.29, 1.82) is 0 Å². The van der Waals surface area contributed by atoms with Gasteiger partial charge in [-0.3, -0.25) is 4.79 Å². The van der Waals surface area contributed by atoms with Crippen LogP contribution in [0, 0.1) is 13.8 Å². The van der Waals surface area contributed by atoms with Gasteiger partial charge in [0, 0.05) is 22.6 Å². The van der Waals surface area contributed by atoms with Crippen LogP contribution in [0.15, 0.2) is 53.4 Å². The van der Waals surface area contributed by atoms with E-state index >= 15 is 0 Å². The van der Waals surface area contributed by atoms with Gasteiger partial charge < -0.3 is 15.7 Å². The minimum absolute atomic E-state index is 0.0281. The summed E-state index contributed by atoms with van der Waals surface area (Å²) in [6.45, 7) is 5.28. The first-order valence-corrected chi connectivity index (χ1v) is 10.9. The Kier molecular flexibility index (Phi) is 6.02. The number of hydrogen-bond donors (Lipinski definition) is 3. The summed E-state index contributed by atoms with van der Waals surface area (Å²) in [6.07, 6.45) is 0. The summed E-state index contributed by atoms with van der Waals surface area (Å²) in [4.78, 5) is 21.2. The monoisotopic (exact) mass is 426 g/mol. The second kappa shape index (κ2) is 8.50. The van der Waals surface area contributed by atoms with Gasteiger partial charge in [0.15, 0.2) is 9.84 Å². The van der Waals surface area contributed by atoms with E-state index in [0.29, 0.717) is 17.2 Å². The average Bonchev–Trinajstić information content (AvgIpc) is 2.69. The van der Waals surface area contributed by atoms with Crippen molar-refractivity contribution in [3.63, 3.8) is 0 Å². The number of hydrogen-bond acceptors (Lipinski definition) is 7. The fourth-order valence-electron chi connectivity index (χ4n) is 2.79. The van der Waals surface area contributed by atoms with Crippen molar-refractivity contribution in [3.8, 4) is 5.75 Å². The first-order valence-electron chi connectivity index (χ1n) is 9.24. The van der Waals surface area contributed by atoms with E-state index in [2.05, 4.69) is 20.6 Å². The smallest absolute Gasteiger partial charge is 0.255 e. The summed E-state index contributed by atoms with van der Waals surface area (Å²) in [7, 11) is -3.46. The highest BCUT2D eigenvalue weighted by molar-refractivity contribution is 7.91. The lowest BCUT2D eigenvalue weighted by Crippen LogP contribution is -2.13. The molecular formula is C21H22N4O4S. The number of rotatable bonds is 6. The van der Waals surface area contributed by atoms with Gasteiger partial charge in [-0.25, -0.2) is 18.4 Å². The fourth-order valence-corrected chi connectivity index (χ4v) is 3.69. The maximum absolute atomic E-state index is 12.5. The molecule has 1 aromatic heterocycles. The molecule has 1 amide bonds. The molecule has 0 bridgehead atoms. The molecule has 3 N–H and O–H groups in total. The molecule has 0 aliphatic heterocycles. The lowest BCUT2D eigenvalue weighted by molar-refractivity contribution is 0.102. The number of amides is 1. The molecule has 156 valence electrons. The first kappa shape index (κ1) is 21.3. The van der Waals surface area contributed by atoms with E-state index in [1.165, 1.54) is 25.1 Å². The van der Waals surface area contributed by atoms with Crippen LogP contribution in [0.1, 0.15) is 28.7 Å². The van der Waals surface area contributed by atoms with Crippen LogP contribution in [0.3, 0.4) is 0 Å². The van der Waals surface area contributed by atoms with Crippen molar-refractivity contribution >= 4 is 33.1 Å². The number of phenolic OH excluding ortho intramolecular Hbond substituents is 1. The molecule has 0 atom stereocenters. The molecule has 0 spiro atoms. The van der Waals surface area contributed by atoms with E-state index < -0.39 is 15.7 Å². The summed E-state index contributed by atoms with van der Waals surface area (Å²) in [5, 5.41) is 15.6. The molecule has 0 unspecified atom stereocenters. The quantitative estimate of drug-likeness (QED) is 0.515. The normalized spacial score (nSPS) is 11.2. The summed E-state index contributed by atoms with van der Waals surface area (Å²) >= 11 is 0. The zero-order valence-electron chi connectivity index (χ0n) is 16.8. The molecule has 0 aliphatic carbocycles. The van der Waals surface area contributed by atoms with Crippen molar-refractivity contribution in [2.24, 2.45) is 0 Å². The number of benzene rings is 2. The van der Waals surface area contributed by atoms with Crippen molar-refractivity contribution in [1.82, 2.24) is 9.97 Å². The van der Waals surface area contributed by atoms with Crippen molar-refractivity contribution in [3.05, 3.63) is 65.5 Å². The number of anilines is 3. The fraction of sp³-hybridized carbons (Fsp3) is 0.190. The third kappa shape index (κ3) is 4.93. The number of nitrogens with one attached hydrogen (secondary N) is 2. The van der Waals surface area contributed by atoms with Gasteiger partial charge in [-0.15, -0.1) is 0 Å².